The molecule has 2 aromatic rings. The molecule has 1 fully saturated rings. The van der Waals surface area contributed by atoms with E-state index in [1.807, 2.05) is 18.2 Å². The third-order valence-corrected chi connectivity index (χ3v) is 6.12. The summed E-state index contributed by atoms with van der Waals surface area (Å²) in [6.45, 7) is 5.84. The van der Waals surface area contributed by atoms with E-state index in [2.05, 4.69) is 15.9 Å². The van der Waals surface area contributed by atoms with Crippen molar-refractivity contribution in [2.45, 2.75) is 25.2 Å². The van der Waals surface area contributed by atoms with Gasteiger partial charge in [-0.15, -0.1) is 0 Å². The molecule has 2 aromatic carbocycles. The van der Waals surface area contributed by atoms with Gasteiger partial charge in [0, 0.05) is 62.6 Å². The number of hydrogen-bond donors (Lipinski definition) is 0. The van der Waals surface area contributed by atoms with Gasteiger partial charge in [0.1, 0.15) is 5.82 Å². The van der Waals surface area contributed by atoms with Crippen molar-refractivity contribution in [3.8, 4) is 0 Å². The first-order valence-electron chi connectivity index (χ1n) is 10.5. The third kappa shape index (κ3) is 4.80. The van der Waals surface area contributed by atoms with Crippen LogP contribution in [0.4, 0.5) is 4.39 Å². The van der Waals surface area contributed by atoms with E-state index in [4.69, 9.17) is 0 Å². The molecule has 0 radical (unpaired) electrons. The Labute approximate surface area is 171 Å². The van der Waals surface area contributed by atoms with Gasteiger partial charge in [0.25, 0.3) is 0 Å². The van der Waals surface area contributed by atoms with Gasteiger partial charge in [0.15, 0.2) is 11.6 Å². The maximum absolute atomic E-state index is 13.0. The van der Waals surface area contributed by atoms with Gasteiger partial charge in [0.05, 0.1) is 0 Å². The summed E-state index contributed by atoms with van der Waals surface area (Å²) in [5.74, 6) is 0.353. The Morgan fingerprint density at radius 3 is 2.41 bits per heavy atom. The van der Waals surface area contributed by atoms with Crippen LogP contribution < -0.4 is 0 Å². The predicted octanol–water partition coefficient (Wildman–Crippen LogP) is 3.78. The Morgan fingerprint density at radius 1 is 0.966 bits per heavy atom. The third-order valence-electron chi connectivity index (χ3n) is 6.12. The minimum absolute atomic E-state index is 0.0770. The van der Waals surface area contributed by atoms with E-state index >= 15 is 0 Å². The van der Waals surface area contributed by atoms with Gasteiger partial charge in [-0.1, -0.05) is 24.3 Å². The molecule has 1 heterocycles. The van der Waals surface area contributed by atoms with Crippen molar-refractivity contribution in [2.24, 2.45) is 0 Å². The lowest BCUT2D eigenvalue weighted by Crippen LogP contribution is -2.47. The molecule has 1 unspecified atom stereocenters. The predicted molar refractivity (Wildman–Crippen MR) is 111 cm³/mol. The number of piperazine rings is 1. The van der Waals surface area contributed by atoms with Gasteiger partial charge in [-0.3, -0.25) is 9.59 Å². The Balaban J connectivity index is 1.19. The van der Waals surface area contributed by atoms with E-state index in [9.17, 15) is 14.0 Å². The molecule has 0 aromatic heterocycles. The van der Waals surface area contributed by atoms with Crippen LogP contribution in [0.5, 0.6) is 0 Å². The molecule has 0 saturated carbocycles. The summed E-state index contributed by atoms with van der Waals surface area (Å²) in [6.07, 6.45) is 1.94. The molecular formula is C24H27FN2O2. The number of Topliss-reactive ketones (excluding diaryl/α,β-unsaturated/α-hetero) is 2. The Morgan fingerprint density at radius 2 is 1.66 bits per heavy atom. The smallest absolute Gasteiger partial charge is 0.163 e. The largest absolute Gasteiger partial charge is 0.301 e. The first-order chi connectivity index (χ1) is 14.1. The van der Waals surface area contributed by atoms with Gasteiger partial charge in [-0.25, -0.2) is 4.39 Å². The molecular weight excluding hydrogens is 367 g/mol. The molecule has 1 atom stereocenters. The van der Waals surface area contributed by atoms with Crippen LogP contribution in [0.2, 0.25) is 0 Å². The summed E-state index contributed by atoms with van der Waals surface area (Å²) in [5, 5.41) is 0. The first kappa shape index (κ1) is 19.9. The molecule has 0 N–H and O–H groups in total. The number of benzene rings is 2. The fraction of sp³-hybridized carbons (Fsp3) is 0.417. The summed E-state index contributed by atoms with van der Waals surface area (Å²) < 4.78 is 13.0. The molecule has 4 nitrogen and oxygen atoms in total. The normalized spacial score (nSPS) is 20.0. The molecule has 4 rings (SSSR count). The highest BCUT2D eigenvalue weighted by Crippen LogP contribution is 2.33. The average Bonchev–Trinajstić information content (AvgIpc) is 3.05. The number of halogens is 1. The molecule has 1 aliphatic carbocycles. The Hall–Kier alpha value is -2.37. The van der Waals surface area contributed by atoms with Gasteiger partial charge >= 0.3 is 0 Å². The van der Waals surface area contributed by atoms with Crippen molar-refractivity contribution in [3.05, 3.63) is 71.0 Å². The molecule has 5 heteroatoms. The van der Waals surface area contributed by atoms with Gasteiger partial charge < -0.3 is 9.80 Å². The molecule has 2 aliphatic rings. The van der Waals surface area contributed by atoms with Crippen molar-refractivity contribution in [1.82, 2.24) is 9.80 Å². The van der Waals surface area contributed by atoms with Crippen molar-refractivity contribution in [3.63, 3.8) is 0 Å². The van der Waals surface area contributed by atoms with E-state index < -0.39 is 0 Å². The summed E-state index contributed by atoms with van der Waals surface area (Å²) in [4.78, 5) is 29.2. The van der Waals surface area contributed by atoms with Crippen molar-refractivity contribution < 1.29 is 14.0 Å². The summed E-state index contributed by atoms with van der Waals surface area (Å²) in [6, 6.07) is 13.8. The summed E-state index contributed by atoms with van der Waals surface area (Å²) in [5.41, 5.74) is 2.70. The van der Waals surface area contributed by atoms with Gasteiger partial charge in [0.2, 0.25) is 0 Å². The van der Waals surface area contributed by atoms with E-state index in [1.54, 1.807) is 12.1 Å². The van der Waals surface area contributed by atoms with Crippen LogP contribution in [-0.4, -0.2) is 60.6 Å². The number of rotatable bonds is 7. The monoisotopic (exact) mass is 394 g/mol. The summed E-state index contributed by atoms with van der Waals surface area (Å²) in [7, 11) is 0. The maximum atomic E-state index is 13.0. The number of fused-ring (bicyclic) bond motifs is 1. The van der Waals surface area contributed by atoms with Gasteiger partial charge in [-0.2, -0.15) is 0 Å². The van der Waals surface area contributed by atoms with Crippen LogP contribution in [0.15, 0.2) is 48.5 Å². The van der Waals surface area contributed by atoms with Crippen LogP contribution in [-0.2, 0) is 0 Å². The quantitative estimate of drug-likeness (QED) is 0.670. The Bertz CT molecular complexity index is 873. The molecule has 29 heavy (non-hydrogen) atoms. The lowest BCUT2D eigenvalue weighted by Gasteiger charge is -2.36. The highest BCUT2D eigenvalue weighted by molar-refractivity contribution is 6.01. The summed E-state index contributed by atoms with van der Waals surface area (Å²) >= 11 is 0. The number of ketones is 2. The zero-order valence-corrected chi connectivity index (χ0v) is 16.6. The number of hydrogen-bond acceptors (Lipinski definition) is 4. The molecule has 0 amide bonds. The van der Waals surface area contributed by atoms with E-state index in [0.29, 0.717) is 24.3 Å². The second-order valence-corrected chi connectivity index (χ2v) is 8.09. The topological polar surface area (TPSA) is 40.6 Å². The van der Waals surface area contributed by atoms with Crippen LogP contribution in [0.3, 0.4) is 0 Å². The number of carbonyl (C=O) groups excluding carboxylic acids is 2. The molecule has 152 valence electrons. The molecule has 1 aliphatic heterocycles. The second kappa shape index (κ2) is 8.97. The lowest BCUT2D eigenvalue weighted by molar-refractivity contribution is 0.0941. The Kier molecular flexibility index (Phi) is 6.16. The molecule has 0 spiro atoms. The number of nitrogens with zero attached hydrogens (tertiary/aromatic N) is 2. The SMILES string of the molecule is O=C(CCCN1CCN(CC2CC(=O)c3ccccc32)CC1)c1ccc(F)cc1. The van der Waals surface area contributed by atoms with Gasteiger partial charge in [-0.05, 0) is 42.8 Å². The lowest BCUT2D eigenvalue weighted by atomic mass is 10.0. The zero-order valence-electron chi connectivity index (χ0n) is 16.6. The van der Waals surface area contributed by atoms with E-state index in [0.717, 1.165) is 51.3 Å². The number of carbonyl (C=O) groups is 2. The van der Waals surface area contributed by atoms with E-state index in [-0.39, 0.29) is 17.4 Å². The fourth-order valence-electron chi connectivity index (χ4n) is 4.46. The minimum Gasteiger partial charge on any atom is -0.301 e. The molecule has 0 bridgehead atoms. The highest BCUT2D eigenvalue weighted by Gasteiger charge is 2.30. The van der Waals surface area contributed by atoms with Crippen molar-refractivity contribution in [1.29, 1.82) is 0 Å². The minimum atomic E-state index is -0.315. The van der Waals surface area contributed by atoms with Crippen LogP contribution in [0.1, 0.15) is 51.5 Å². The van der Waals surface area contributed by atoms with Crippen LogP contribution in [0.25, 0.3) is 0 Å². The fourth-order valence-corrected chi connectivity index (χ4v) is 4.46. The molecule has 1 saturated heterocycles. The standard InChI is InChI=1S/C24H27FN2O2/c25-20-9-7-18(8-10-20)23(28)6-3-11-26-12-14-27(15-13-26)17-19-16-24(29)22-5-2-1-4-21(19)22/h1-2,4-5,7-10,19H,3,6,11-17H2. The van der Waals surface area contributed by atoms with E-state index in [1.165, 1.54) is 17.7 Å². The zero-order chi connectivity index (χ0) is 20.2. The van der Waals surface area contributed by atoms with Crippen LogP contribution >= 0.6 is 0 Å². The second-order valence-electron chi connectivity index (χ2n) is 8.09. The highest BCUT2D eigenvalue weighted by atomic mass is 19.1. The first-order valence-corrected chi connectivity index (χ1v) is 10.5. The average molecular weight is 394 g/mol. The van der Waals surface area contributed by atoms with Crippen molar-refractivity contribution >= 4 is 11.6 Å². The van der Waals surface area contributed by atoms with Crippen molar-refractivity contribution in [2.75, 3.05) is 39.3 Å². The maximum Gasteiger partial charge on any atom is 0.163 e. The van der Waals surface area contributed by atoms with Crippen LogP contribution in [0, 0.1) is 5.82 Å².